The number of carbonyl (C=O) groups is 1. The van der Waals surface area contributed by atoms with Crippen molar-refractivity contribution in [1.29, 1.82) is 0 Å². The smallest absolute Gasteiger partial charge is 0.234 e. The van der Waals surface area contributed by atoms with Crippen LogP contribution in [-0.2, 0) is 4.79 Å². The van der Waals surface area contributed by atoms with E-state index in [4.69, 9.17) is 0 Å². The van der Waals surface area contributed by atoms with Crippen LogP contribution in [0.5, 0.6) is 0 Å². The SMILES string of the molecule is O=Cn1nc2c3c(cccc31)SC(N1CCNCC1)=C2. The highest BCUT2D eigenvalue weighted by Gasteiger charge is 2.23. The second kappa shape index (κ2) is 4.64. The van der Waals surface area contributed by atoms with Crippen LogP contribution in [0.1, 0.15) is 5.69 Å². The van der Waals surface area contributed by atoms with Gasteiger partial charge in [-0.15, -0.1) is 0 Å². The van der Waals surface area contributed by atoms with Crippen LogP contribution in [0.15, 0.2) is 28.1 Å². The van der Waals surface area contributed by atoms with E-state index < -0.39 is 0 Å². The molecule has 1 fully saturated rings. The highest BCUT2D eigenvalue weighted by atomic mass is 32.2. The van der Waals surface area contributed by atoms with E-state index in [-0.39, 0.29) is 0 Å². The van der Waals surface area contributed by atoms with Gasteiger partial charge in [-0.3, -0.25) is 4.79 Å². The van der Waals surface area contributed by atoms with Crippen LogP contribution in [0.25, 0.3) is 17.0 Å². The van der Waals surface area contributed by atoms with Gasteiger partial charge < -0.3 is 10.2 Å². The third-order valence-electron chi connectivity index (χ3n) is 3.73. The molecule has 1 aromatic heterocycles. The molecule has 0 saturated carbocycles. The van der Waals surface area contributed by atoms with E-state index in [9.17, 15) is 4.79 Å². The quantitative estimate of drug-likeness (QED) is 0.845. The van der Waals surface area contributed by atoms with Crippen LogP contribution in [-0.4, -0.2) is 47.3 Å². The molecule has 0 radical (unpaired) electrons. The summed E-state index contributed by atoms with van der Waals surface area (Å²) in [4.78, 5) is 14.7. The van der Waals surface area contributed by atoms with Crippen molar-refractivity contribution < 1.29 is 4.79 Å². The predicted molar refractivity (Wildman–Crippen MR) is 80.2 cm³/mol. The van der Waals surface area contributed by atoms with Crippen molar-refractivity contribution in [3.05, 3.63) is 28.9 Å². The van der Waals surface area contributed by atoms with Gasteiger partial charge in [0.25, 0.3) is 0 Å². The number of thioether (sulfide) groups is 1. The molecular weight excluding hydrogens is 272 g/mol. The molecule has 0 unspecified atom stereocenters. The molecule has 2 aliphatic rings. The van der Waals surface area contributed by atoms with E-state index in [0.717, 1.165) is 49.2 Å². The Morgan fingerprint density at radius 3 is 2.95 bits per heavy atom. The van der Waals surface area contributed by atoms with Crippen molar-refractivity contribution in [2.75, 3.05) is 26.2 Å². The van der Waals surface area contributed by atoms with Gasteiger partial charge in [0.15, 0.2) is 0 Å². The van der Waals surface area contributed by atoms with Gasteiger partial charge in [0.2, 0.25) is 6.41 Å². The third-order valence-corrected chi connectivity index (χ3v) is 4.87. The van der Waals surface area contributed by atoms with Gasteiger partial charge in [-0.1, -0.05) is 17.8 Å². The molecule has 0 spiro atoms. The zero-order valence-corrected chi connectivity index (χ0v) is 11.7. The first-order valence-electron chi connectivity index (χ1n) is 6.68. The molecule has 6 heteroatoms. The molecule has 4 rings (SSSR count). The maximum absolute atomic E-state index is 11.1. The van der Waals surface area contributed by atoms with Crippen molar-refractivity contribution in [2.45, 2.75) is 4.90 Å². The summed E-state index contributed by atoms with van der Waals surface area (Å²) in [5.74, 6) is 0. The fraction of sp³-hybridized carbons (Fsp3) is 0.286. The Hall–Kier alpha value is -1.79. The molecule has 2 aliphatic heterocycles. The molecule has 0 aliphatic carbocycles. The van der Waals surface area contributed by atoms with Gasteiger partial charge in [-0.25, -0.2) is 4.68 Å². The summed E-state index contributed by atoms with van der Waals surface area (Å²) in [6.45, 7) is 4.05. The van der Waals surface area contributed by atoms with Crippen molar-refractivity contribution in [3.63, 3.8) is 0 Å². The Labute approximate surface area is 120 Å². The van der Waals surface area contributed by atoms with Crippen LogP contribution >= 0.6 is 11.8 Å². The average molecular weight is 286 g/mol. The van der Waals surface area contributed by atoms with E-state index in [1.165, 1.54) is 14.6 Å². The highest BCUT2D eigenvalue weighted by Crippen LogP contribution is 2.41. The number of rotatable bonds is 2. The number of piperazine rings is 1. The Kier molecular flexibility index (Phi) is 2.78. The minimum Gasteiger partial charge on any atom is -0.363 e. The van der Waals surface area contributed by atoms with Gasteiger partial charge in [-0.2, -0.15) is 5.10 Å². The fourth-order valence-electron chi connectivity index (χ4n) is 2.75. The van der Waals surface area contributed by atoms with Crippen molar-refractivity contribution in [1.82, 2.24) is 20.0 Å². The van der Waals surface area contributed by atoms with E-state index in [1.54, 1.807) is 11.8 Å². The van der Waals surface area contributed by atoms with Crippen LogP contribution in [0.4, 0.5) is 0 Å². The van der Waals surface area contributed by atoms with Gasteiger partial charge in [0.05, 0.1) is 16.2 Å². The van der Waals surface area contributed by atoms with Crippen molar-refractivity contribution in [2.24, 2.45) is 0 Å². The van der Waals surface area contributed by atoms with Crippen LogP contribution in [0.2, 0.25) is 0 Å². The maximum Gasteiger partial charge on any atom is 0.234 e. The lowest BCUT2D eigenvalue weighted by Crippen LogP contribution is -2.42. The van der Waals surface area contributed by atoms with Crippen molar-refractivity contribution in [3.8, 4) is 0 Å². The van der Waals surface area contributed by atoms with Gasteiger partial charge >= 0.3 is 0 Å². The zero-order chi connectivity index (χ0) is 13.5. The molecule has 0 atom stereocenters. The first kappa shape index (κ1) is 12.0. The van der Waals surface area contributed by atoms with Crippen molar-refractivity contribution >= 4 is 35.2 Å². The van der Waals surface area contributed by atoms with E-state index in [0.29, 0.717) is 0 Å². The van der Waals surface area contributed by atoms with Crippen LogP contribution in [0, 0.1) is 0 Å². The standard InChI is InChI=1S/C14H14N4OS/c19-9-18-11-2-1-3-12-14(11)10(16-18)8-13(20-12)17-6-4-15-5-7-17/h1-3,8-9,15H,4-7H2. The molecule has 1 saturated heterocycles. The molecule has 0 amide bonds. The summed E-state index contributed by atoms with van der Waals surface area (Å²) >= 11 is 1.77. The number of aromatic nitrogens is 2. The Balaban J connectivity index is 1.83. The normalized spacial score (nSPS) is 18.2. The van der Waals surface area contributed by atoms with Gasteiger partial charge in [-0.05, 0) is 18.2 Å². The molecule has 102 valence electrons. The number of hydrogen-bond acceptors (Lipinski definition) is 5. The lowest BCUT2D eigenvalue weighted by atomic mass is 10.2. The number of hydrogen-bond donors (Lipinski definition) is 1. The molecular formula is C14H14N4OS. The second-order valence-corrected chi connectivity index (χ2v) is 5.97. The fourth-order valence-corrected chi connectivity index (χ4v) is 3.92. The molecule has 1 aromatic carbocycles. The summed E-state index contributed by atoms with van der Waals surface area (Å²) in [5.41, 5.74) is 1.78. The van der Waals surface area contributed by atoms with Crippen LogP contribution in [0.3, 0.4) is 0 Å². The lowest BCUT2D eigenvalue weighted by molar-refractivity contribution is 0.319. The number of nitrogens with one attached hydrogen (secondary N) is 1. The minimum atomic E-state index is 0.768. The lowest BCUT2D eigenvalue weighted by Gasteiger charge is -2.32. The summed E-state index contributed by atoms with van der Waals surface area (Å²) in [7, 11) is 0. The predicted octanol–water partition coefficient (Wildman–Crippen LogP) is 1.38. The first-order chi connectivity index (χ1) is 9.86. The number of carbonyl (C=O) groups excluding carboxylic acids is 1. The Bertz CT molecular complexity index is 715. The van der Waals surface area contributed by atoms with E-state index in [1.807, 2.05) is 12.1 Å². The highest BCUT2D eigenvalue weighted by molar-refractivity contribution is 8.03. The zero-order valence-electron chi connectivity index (χ0n) is 10.9. The number of benzene rings is 1. The third kappa shape index (κ3) is 1.76. The largest absolute Gasteiger partial charge is 0.363 e. The topological polar surface area (TPSA) is 50.2 Å². The molecule has 3 heterocycles. The Morgan fingerprint density at radius 2 is 2.15 bits per heavy atom. The molecule has 5 nitrogen and oxygen atoms in total. The Morgan fingerprint density at radius 1 is 1.30 bits per heavy atom. The van der Waals surface area contributed by atoms with Crippen LogP contribution < -0.4 is 5.32 Å². The summed E-state index contributed by atoms with van der Waals surface area (Å²) < 4.78 is 1.42. The monoisotopic (exact) mass is 286 g/mol. The molecule has 1 N–H and O–H groups in total. The maximum atomic E-state index is 11.1. The molecule has 2 aromatic rings. The summed E-state index contributed by atoms with van der Waals surface area (Å²) in [6, 6.07) is 6.02. The van der Waals surface area contributed by atoms with E-state index in [2.05, 4.69) is 27.5 Å². The molecule has 0 bridgehead atoms. The average Bonchev–Trinajstić information content (AvgIpc) is 2.88. The van der Waals surface area contributed by atoms with Gasteiger partial charge in [0.1, 0.15) is 0 Å². The number of nitrogens with zero attached hydrogens (tertiary/aromatic N) is 3. The van der Waals surface area contributed by atoms with E-state index >= 15 is 0 Å². The second-order valence-electron chi connectivity index (χ2n) is 4.91. The molecule has 20 heavy (non-hydrogen) atoms. The minimum absolute atomic E-state index is 0.768. The first-order valence-corrected chi connectivity index (χ1v) is 7.50. The summed E-state index contributed by atoms with van der Waals surface area (Å²) in [5, 5.41) is 10.1. The summed E-state index contributed by atoms with van der Waals surface area (Å²) in [6.07, 6.45) is 2.87. The van der Waals surface area contributed by atoms with Gasteiger partial charge in [0, 0.05) is 36.5 Å².